The van der Waals surface area contributed by atoms with Crippen molar-refractivity contribution in [2.75, 3.05) is 4.90 Å². The second-order valence-electron chi connectivity index (χ2n) is 15.6. The Hall–Kier alpha value is -6.64. The van der Waals surface area contributed by atoms with Gasteiger partial charge in [-0.25, -0.2) is 0 Å². The topological polar surface area (TPSA) is 8.17 Å². The van der Waals surface area contributed by atoms with E-state index < -0.39 is 0 Å². The third-order valence-electron chi connectivity index (χ3n) is 12.6. The molecule has 0 saturated heterocycles. The van der Waals surface area contributed by atoms with Crippen LogP contribution in [0.15, 0.2) is 194 Å². The maximum atomic E-state index is 2.47. The van der Waals surface area contributed by atoms with Crippen molar-refractivity contribution < 1.29 is 0 Å². The molecule has 0 bridgehead atoms. The van der Waals surface area contributed by atoms with E-state index in [9.17, 15) is 0 Å². The molecule has 2 heteroatoms. The number of rotatable bonds is 6. The second kappa shape index (κ2) is 13.3. The largest absolute Gasteiger partial charge is 0.310 e. The van der Waals surface area contributed by atoms with E-state index in [1.807, 2.05) is 0 Å². The van der Waals surface area contributed by atoms with Gasteiger partial charge in [0.25, 0.3) is 0 Å². The molecule has 56 heavy (non-hydrogen) atoms. The van der Waals surface area contributed by atoms with Crippen LogP contribution >= 0.6 is 0 Å². The van der Waals surface area contributed by atoms with Gasteiger partial charge in [0.05, 0.1) is 11.0 Å². The van der Waals surface area contributed by atoms with Gasteiger partial charge in [-0.05, 0) is 124 Å². The minimum Gasteiger partial charge on any atom is -0.310 e. The quantitative estimate of drug-likeness (QED) is 0.166. The third-order valence-corrected chi connectivity index (χ3v) is 12.6. The summed E-state index contributed by atoms with van der Waals surface area (Å²) in [7, 11) is 0. The zero-order valence-corrected chi connectivity index (χ0v) is 31.4. The lowest BCUT2D eigenvalue weighted by atomic mass is 9.68. The number of hydrogen-bond acceptors (Lipinski definition) is 1. The average Bonchev–Trinajstić information content (AvgIpc) is 3.74. The predicted molar refractivity (Wildman–Crippen MR) is 236 cm³/mol. The monoisotopic (exact) mass is 718 g/mol. The molecule has 2 aliphatic carbocycles. The van der Waals surface area contributed by atoms with E-state index in [0.29, 0.717) is 0 Å². The third kappa shape index (κ3) is 5.24. The standard InChI is InChI=1S/C54H42N2/c1-4-14-38(15-5-1)39-22-27-43(28-23-39)55(45-31-32-51-48(37-45)46-18-8-10-20-50(46)54(51)34-12-3-13-35-54)44-29-24-40(25-30-44)41-26-33-53-49(36-41)47-19-9-11-21-52(47)56(53)42-16-6-2-7-17-42/h1-2,4-11,14-33,36-37H,3,12-13,34-35H2. The number of benzene rings is 8. The molecule has 1 spiro atoms. The first-order valence-corrected chi connectivity index (χ1v) is 20.1. The maximum Gasteiger partial charge on any atom is 0.0541 e. The van der Waals surface area contributed by atoms with Gasteiger partial charge in [0.1, 0.15) is 0 Å². The molecule has 2 nitrogen and oxygen atoms in total. The fraction of sp³-hybridized carbons (Fsp3) is 0.111. The van der Waals surface area contributed by atoms with E-state index in [4.69, 9.17) is 0 Å². The molecule has 8 aromatic carbocycles. The smallest absolute Gasteiger partial charge is 0.0541 e. The number of anilines is 3. The molecule has 11 rings (SSSR count). The van der Waals surface area contributed by atoms with Crippen LogP contribution in [0.2, 0.25) is 0 Å². The minimum absolute atomic E-state index is 0.140. The Morgan fingerprint density at radius 2 is 0.929 bits per heavy atom. The maximum absolute atomic E-state index is 2.47. The highest BCUT2D eigenvalue weighted by atomic mass is 15.1. The lowest BCUT2D eigenvalue weighted by Crippen LogP contribution is -2.28. The van der Waals surface area contributed by atoms with Gasteiger partial charge in [-0.1, -0.05) is 147 Å². The zero-order chi connectivity index (χ0) is 37.1. The number of hydrogen-bond donors (Lipinski definition) is 0. The first-order chi connectivity index (χ1) is 27.7. The Kier molecular flexibility index (Phi) is 7.77. The molecule has 9 aromatic rings. The van der Waals surface area contributed by atoms with Crippen LogP contribution < -0.4 is 4.90 Å². The number of nitrogens with zero attached hydrogens (tertiary/aromatic N) is 2. The van der Waals surface area contributed by atoms with E-state index in [1.54, 1.807) is 0 Å². The van der Waals surface area contributed by atoms with Crippen molar-refractivity contribution >= 4 is 38.9 Å². The fourth-order valence-electron chi connectivity index (χ4n) is 9.98. The Morgan fingerprint density at radius 3 is 1.68 bits per heavy atom. The summed E-state index contributed by atoms with van der Waals surface area (Å²) in [4.78, 5) is 2.43. The van der Waals surface area contributed by atoms with Crippen molar-refractivity contribution in [1.29, 1.82) is 0 Å². The summed E-state index contributed by atoms with van der Waals surface area (Å²) in [6.07, 6.45) is 6.40. The van der Waals surface area contributed by atoms with E-state index in [2.05, 4.69) is 204 Å². The van der Waals surface area contributed by atoms with Gasteiger partial charge in [0.2, 0.25) is 0 Å². The molecule has 0 radical (unpaired) electrons. The number of para-hydroxylation sites is 2. The number of fused-ring (bicyclic) bond motifs is 8. The lowest BCUT2D eigenvalue weighted by molar-refractivity contribution is 0.353. The van der Waals surface area contributed by atoms with Crippen LogP contribution in [0.4, 0.5) is 17.1 Å². The Morgan fingerprint density at radius 1 is 0.375 bits per heavy atom. The van der Waals surface area contributed by atoms with Gasteiger partial charge in [0.15, 0.2) is 0 Å². The van der Waals surface area contributed by atoms with E-state index in [-0.39, 0.29) is 5.41 Å². The van der Waals surface area contributed by atoms with Crippen molar-refractivity contribution in [3.05, 3.63) is 205 Å². The summed E-state index contributed by atoms with van der Waals surface area (Å²) < 4.78 is 2.38. The van der Waals surface area contributed by atoms with E-state index in [1.165, 1.54) is 110 Å². The minimum atomic E-state index is 0.140. The number of aromatic nitrogens is 1. The van der Waals surface area contributed by atoms with Crippen LogP contribution in [0.3, 0.4) is 0 Å². The highest BCUT2D eigenvalue weighted by molar-refractivity contribution is 6.10. The highest BCUT2D eigenvalue weighted by Crippen LogP contribution is 2.56. The molecule has 2 aliphatic rings. The van der Waals surface area contributed by atoms with Gasteiger partial charge in [-0.15, -0.1) is 0 Å². The van der Waals surface area contributed by atoms with Gasteiger partial charge in [-0.3, -0.25) is 0 Å². The fourth-order valence-corrected chi connectivity index (χ4v) is 9.98. The summed E-state index contributed by atoms with van der Waals surface area (Å²) in [5.74, 6) is 0. The van der Waals surface area contributed by atoms with Crippen molar-refractivity contribution in [2.24, 2.45) is 0 Å². The normalized spacial score (nSPS) is 14.2. The molecule has 268 valence electrons. The molecule has 1 fully saturated rings. The van der Waals surface area contributed by atoms with Gasteiger partial charge < -0.3 is 9.47 Å². The van der Waals surface area contributed by atoms with E-state index >= 15 is 0 Å². The summed E-state index contributed by atoms with van der Waals surface area (Å²) >= 11 is 0. The van der Waals surface area contributed by atoms with Crippen molar-refractivity contribution in [3.8, 4) is 39.1 Å². The summed E-state index contributed by atoms with van der Waals surface area (Å²) in [5.41, 5.74) is 17.9. The average molecular weight is 719 g/mol. The molecule has 0 N–H and O–H groups in total. The van der Waals surface area contributed by atoms with Crippen molar-refractivity contribution in [3.63, 3.8) is 0 Å². The molecule has 0 unspecified atom stereocenters. The van der Waals surface area contributed by atoms with E-state index in [0.717, 1.165) is 11.4 Å². The Labute approximate surface area is 328 Å². The Balaban J connectivity index is 1.02. The lowest BCUT2D eigenvalue weighted by Gasteiger charge is -2.36. The first-order valence-electron chi connectivity index (χ1n) is 20.1. The molecule has 1 aromatic heterocycles. The second-order valence-corrected chi connectivity index (χ2v) is 15.6. The van der Waals surface area contributed by atoms with Crippen LogP contribution in [-0.4, -0.2) is 4.57 Å². The molecule has 0 amide bonds. The van der Waals surface area contributed by atoms with Gasteiger partial charge in [0, 0.05) is 38.9 Å². The van der Waals surface area contributed by atoms with Gasteiger partial charge >= 0.3 is 0 Å². The molecular formula is C54H42N2. The zero-order valence-electron chi connectivity index (χ0n) is 31.4. The molecule has 1 heterocycles. The van der Waals surface area contributed by atoms with Crippen LogP contribution in [-0.2, 0) is 5.41 Å². The van der Waals surface area contributed by atoms with Gasteiger partial charge in [-0.2, -0.15) is 0 Å². The van der Waals surface area contributed by atoms with Crippen molar-refractivity contribution in [2.45, 2.75) is 37.5 Å². The molecule has 0 atom stereocenters. The summed E-state index contributed by atoms with van der Waals surface area (Å²) in [6.45, 7) is 0. The van der Waals surface area contributed by atoms with Crippen LogP contribution in [0.25, 0.3) is 60.9 Å². The predicted octanol–water partition coefficient (Wildman–Crippen LogP) is 14.8. The van der Waals surface area contributed by atoms with Crippen molar-refractivity contribution in [1.82, 2.24) is 4.57 Å². The molecular weight excluding hydrogens is 677 g/mol. The SMILES string of the molecule is c1ccc(-c2ccc(N(c3ccc(-c4ccc5c(c4)c4ccccc4n5-c4ccccc4)cc3)c3ccc4c(c3)-c3ccccc3C43CCCCC3)cc2)cc1. The first kappa shape index (κ1) is 32.8. The molecule has 0 aliphatic heterocycles. The Bertz CT molecular complexity index is 2860. The van der Waals surface area contributed by atoms with Crippen LogP contribution in [0.1, 0.15) is 43.2 Å². The summed E-state index contributed by atoms with van der Waals surface area (Å²) in [5, 5.41) is 2.53. The molecule has 1 saturated carbocycles. The highest BCUT2D eigenvalue weighted by Gasteiger charge is 2.43. The van der Waals surface area contributed by atoms with Crippen LogP contribution in [0.5, 0.6) is 0 Å². The summed E-state index contributed by atoms with van der Waals surface area (Å²) in [6, 6.07) is 71.7. The van der Waals surface area contributed by atoms with Crippen LogP contribution in [0, 0.1) is 0 Å².